The molecule has 0 heterocycles. The molecule has 4 heteroatoms. The molecule has 0 spiro atoms. The Hall–Kier alpha value is -1.42. The molecule has 1 aromatic rings. The predicted molar refractivity (Wildman–Crippen MR) is 77.5 cm³/mol. The SMILES string of the molecule is C[C@H](NC(=O)C1CCCCCC1N)c1cccc(F)c1. The lowest BCUT2D eigenvalue weighted by Crippen LogP contribution is -2.42. The average Bonchev–Trinajstić information content (AvgIpc) is 2.63. The number of nitrogens with one attached hydrogen (secondary N) is 1. The van der Waals surface area contributed by atoms with Crippen LogP contribution >= 0.6 is 0 Å². The smallest absolute Gasteiger partial charge is 0.225 e. The quantitative estimate of drug-likeness (QED) is 0.835. The number of hydrogen-bond donors (Lipinski definition) is 2. The Labute approximate surface area is 119 Å². The topological polar surface area (TPSA) is 55.1 Å². The van der Waals surface area contributed by atoms with E-state index in [0.29, 0.717) is 0 Å². The van der Waals surface area contributed by atoms with Crippen molar-refractivity contribution in [3.8, 4) is 0 Å². The van der Waals surface area contributed by atoms with E-state index in [2.05, 4.69) is 5.32 Å². The van der Waals surface area contributed by atoms with Gasteiger partial charge in [0.1, 0.15) is 5.82 Å². The van der Waals surface area contributed by atoms with Gasteiger partial charge >= 0.3 is 0 Å². The standard InChI is InChI=1S/C16H23FN2O/c1-11(12-6-5-7-13(17)10-12)19-16(20)14-8-3-2-4-9-15(14)18/h5-7,10-11,14-15H,2-4,8-9,18H2,1H3,(H,19,20)/t11-,14?,15?/m0/s1. The Morgan fingerprint density at radius 2 is 2.10 bits per heavy atom. The Morgan fingerprint density at radius 3 is 2.85 bits per heavy atom. The fourth-order valence-corrected chi connectivity index (χ4v) is 2.84. The van der Waals surface area contributed by atoms with Crippen LogP contribution in [-0.2, 0) is 4.79 Å². The van der Waals surface area contributed by atoms with E-state index >= 15 is 0 Å². The van der Waals surface area contributed by atoms with Gasteiger partial charge in [-0.1, -0.05) is 31.4 Å². The van der Waals surface area contributed by atoms with Crippen molar-refractivity contribution in [2.45, 2.75) is 51.1 Å². The molecule has 0 aromatic heterocycles. The molecule has 0 aliphatic heterocycles. The third-order valence-electron chi connectivity index (χ3n) is 4.11. The molecule has 3 nitrogen and oxygen atoms in total. The number of hydrogen-bond acceptors (Lipinski definition) is 2. The van der Waals surface area contributed by atoms with Crippen molar-refractivity contribution in [2.24, 2.45) is 11.7 Å². The van der Waals surface area contributed by atoms with E-state index in [1.165, 1.54) is 12.1 Å². The number of amides is 1. The first-order chi connectivity index (χ1) is 9.58. The molecule has 1 aliphatic carbocycles. The van der Waals surface area contributed by atoms with Crippen molar-refractivity contribution in [2.75, 3.05) is 0 Å². The van der Waals surface area contributed by atoms with E-state index in [-0.39, 0.29) is 29.7 Å². The van der Waals surface area contributed by atoms with Crippen LogP contribution in [0.15, 0.2) is 24.3 Å². The molecule has 0 saturated heterocycles. The molecule has 1 aromatic carbocycles. The van der Waals surface area contributed by atoms with E-state index in [1.54, 1.807) is 6.07 Å². The van der Waals surface area contributed by atoms with Crippen LogP contribution in [0.2, 0.25) is 0 Å². The van der Waals surface area contributed by atoms with E-state index in [9.17, 15) is 9.18 Å². The Kier molecular flexibility index (Phi) is 5.12. The highest BCUT2D eigenvalue weighted by molar-refractivity contribution is 5.79. The van der Waals surface area contributed by atoms with Gasteiger partial charge in [0.05, 0.1) is 12.0 Å². The van der Waals surface area contributed by atoms with Crippen LogP contribution in [0, 0.1) is 11.7 Å². The Balaban J connectivity index is 1.99. The van der Waals surface area contributed by atoms with Crippen molar-refractivity contribution in [1.82, 2.24) is 5.32 Å². The molecule has 1 amide bonds. The van der Waals surface area contributed by atoms with Gasteiger partial charge in [0, 0.05) is 6.04 Å². The number of halogens is 1. The summed E-state index contributed by atoms with van der Waals surface area (Å²) in [5.74, 6) is -0.403. The molecule has 0 bridgehead atoms. The summed E-state index contributed by atoms with van der Waals surface area (Å²) in [6.45, 7) is 1.87. The van der Waals surface area contributed by atoms with E-state index in [4.69, 9.17) is 5.73 Å². The molecule has 20 heavy (non-hydrogen) atoms. The lowest BCUT2D eigenvalue weighted by molar-refractivity contribution is -0.126. The molecule has 2 unspecified atom stereocenters. The van der Waals surface area contributed by atoms with E-state index < -0.39 is 0 Å². The third-order valence-corrected chi connectivity index (χ3v) is 4.11. The highest BCUT2D eigenvalue weighted by Crippen LogP contribution is 2.23. The van der Waals surface area contributed by atoms with E-state index in [1.807, 2.05) is 13.0 Å². The summed E-state index contributed by atoms with van der Waals surface area (Å²) >= 11 is 0. The second-order valence-corrected chi connectivity index (χ2v) is 5.69. The normalized spacial score (nSPS) is 24.8. The van der Waals surface area contributed by atoms with Crippen LogP contribution in [0.1, 0.15) is 50.6 Å². The maximum absolute atomic E-state index is 13.2. The molecular formula is C16H23FN2O. The summed E-state index contributed by atoms with van der Waals surface area (Å²) in [6, 6.07) is 6.08. The molecule has 1 aliphatic rings. The van der Waals surface area contributed by atoms with Crippen molar-refractivity contribution >= 4 is 5.91 Å². The minimum Gasteiger partial charge on any atom is -0.349 e. The number of rotatable bonds is 3. The Bertz CT molecular complexity index is 464. The van der Waals surface area contributed by atoms with Crippen LogP contribution in [0.5, 0.6) is 0 Å². The van der Waals surface area contributed by atoms with Crippen molar-refractivity contribution in [1.29, 1.82) is 0 Å². The lowest BCUT2D eigenvalue weighted by atomic mass is 9.94. The van der Waals surface area contributed by atoms with Gasteiger partial charge < -0.3 is 11.1 Å². The van der Waals surface area contributed by atoms with Gasteiger partial charge in [-0.15, -0.1) is 0 Å². The second kappa shape index (κ2) is 6.84. The largest absolute Gasteiger partial charge is 0.349 e. The lowest BCUT2D eigenvalue weighted by Gasteiger charge is -2.23. The number of carbonyl (C=O) groups excluding carboxylic acids is 1. The fourth-order valence-electron chi connectivity index (χ4n) is 2.84. The zero-order valence-electron chi connectivity index (χ0n) is 11.9. The zero-order chi connectivity index (χ0) is 14.5. The molecule has 1 fully saturated rings. The van der Waals surface area contributed by atoms with Gasteiger partial charge in [-0.2, -0.15) is 0 Å². The maximum atomic E-state index is 13.2. The van der Waals surface area contributed by atoms with Crippen molar-refractivity contribution in [3.05, 3.63) is 35.6 Å². The van der Waals surface area contributed by atoms with Crippen LogP contribution in [0.3, 0.4) is 0 Å². The molecule has 3 atom stereocenters. The van der Waals surface area contributed by atoms with Crippen LogP contribution in [0.25, 0.3) is 0 Å². The highest BCUT2D eigenvalue weighted by atomic mass is 19.1. The minimum absolute atomic E-state index is 0.00355. The van der Waals surface area contributed by atoms with Gasteiger partial charge in [-0.05, 0) is 37.5 Å². The summed E-state index contributed by atoms with van der Waals surface area (Å²) in [7, 11) is 0. The summed E-state index contributed by atoms with van der Waals surface area (Å²) in [5.41, 5.74) is 6.88. The third kappa shape index (κ3) is 3.79. The fraction of sp³-hybridized carbons (Fsp3) is 0.562. The van der Waals surface area contributed by atoms with Gasteiger partial charge in [0.2, 0.25) is 5.91 Å². The molecule has 1 saturated carbocycles. The molecule has 110 valence electrons. The zero-order valence-corrected chi connectivity index (χ0v) is 11.9. The Morgan fingerprint density at radius 1 is 1.35 bits per heavy atom. The van der Waals surface area contributed by atoms with Crippen molar-refractivity contribution in [3.63, 3.8) is 0 Å². The van der Waals surface area contributed by atoms with Gasteiger partial charge in [0.25, 0.3) is 0 Å². The van der Waals surface area contributed by atoms with Crippen LogP contribution in [-0.4, -0.2) is 11.9 Å². The predicted octanol–water partition coefficient (Wildman–Crippen LogP) is 2.91. The monoisotopic (exact) mass is 278 g/mol. The van der Waals surface area contributed by atoms with Gasteiger partial charge in [0.15, 0.2) is 0 Å². The minimum atomic E-state index is -0.283. The molecule has 2 rings (SSSR count). The second-order valence-electron chi connectivity index (χ2n) is 5.69. The maximum Gasteiger partial charge on any atom is 0.225 e. The summed E-state index contributed by atoms with van der Waals surface area (Å²) in [4.78, 5) is 12.3. The first kappa shape index (κ1) is 15.0. The highest BCUT2D eigenvalue weighted by Gasteiger charge is 2.27. The van der Waals surface area contributed by atoms with Crippen LogP contribution < -0.4 is 11.1 Å². The van der Waals surface area contributed by atoms with Gasteiger partial charge in [-0.25, -0.2) is 4.39 Å². The first-order valence-corrected chi connectivity index (χ1v) is 7.39. The first-order valence-electron chi connectivity index (χ1n) is 7.39. The van der Waals surface area contributed by atoms with E-state index in [0.717, 1.165) is 37.7 Å². The van der Waals surface area contributed by atoms with Crippen LogP contribution in [0.4, 0.5) is 4.39 Å². The summed E-state index contributed by atoms with van der Waals surface area (Å²) in [5, 5.41) is 2.97. The summed E-state index contributed by atoms with van der Waals surface area (Å²) < 4.78 is 13.2. The van der Waals surface area contributed by atoms with Gasteiger partial charge in [-0.3, -0.25) is 4.79 Å². The molecule has 0 radical (unpaired) electrons. The summed E-state index contributed by atoms with van der Waals surface area (Å²) in [6.07, 6.45) is 5.07. The molecular weight excluding hydrogens is 255 g/mol. The number of benzene rings is 1. The average molecular weight is 278 g/mol. The number of nitrogens with two attached hydrogens (primary N) is 1. The number of carbonyl (C=O) groups is 1. The van der Waals surface area contributed by atoms with Crippen molar-refractivity contribution < 1.29 is 9.18 Å². The molecule has 3 N–H and O–H groups in total.